The van der Waals surface area contributed by atoms with Gasteiger partial charge in [-0.1, -0.05) is 12.8 Å². The summed E-state index contributed by atoms with van der Waals surface area (Å²) in [7, 11) is -3.49. The van der Waals surface area contributed by atoms with Crippen LogP contribution in [0, 0.1) is 6.92 Å². The molecule has 0 aliphatic heterocycles. The number of sulfonamides is 1. The molecule has 0 radical (unpaired) electrons. The largest absolute Gasteiger partial charge is 0.268 e. The predicted octanol–water partition coefficient (Wildman–Crippen LogP) is 3.11. The van der Waals surface area contributed by atoms with Crippen LogP contribution in [0.2, 0.25) is 0 Å². The molecule has 0 bridgehead atoms. The molecule has 0 saturated heterocycles. The first kappa shape index (κ1) is 16.5. The summed E-state index contributed by atoms with van der Waals surface area (Å²) in [6.07, 6.45) is 6.33. The molecule has 1 aromatic heterocycles. The van der Waals surface area contributed by atoms with Gasteiger partial charge in [0.05, 0.1) is 11.7 Å². The maximum atomic E-state index is 12.9. The zero-order chi connectivity index (χ0) is 15.8. The molecule has 0 spiro atoms. The van der Waals surface area contributed by atoms with E-state index in [0.717, 1.165) is 12.8 Å². The fourth-order valence-electron chi connectivity index (χ4n) is 3.34. The lowest BCUT2D eigenvalue weighted by Gasteiger charge is -2.29. The molecule has 1 heterocycles. The Balaban J connectivity index is 2.40. The summed E-state index contributed by atoms with van der Waals surface area (Å²) in [5, 5.41) is 4.47. The quantitative estimate of drug-likeness (QED) is 0.839. The molecule has 1 aliphatic rings. The van der Waals surface area contributed by atoms with E-state index in [1.807, 2.05) is 32.4 Å². The average molecular weight is 313 g/mol. The first-order valence-corrected chi connectivity index (χ1v) is 9.28. The Hall–Kier alpha value is -0.880. The van der Waals surface area contributed by atoms with E-state index >= 15 is 0 Å². The number of hydrogen-bond donors (Lipinski definition) is 0. The third-order valence-corrected chi connectivity index (χ3v) is 6.50. The second-order valence-corrected chi connectivity index (χ2v) is 8.33. The molecule has 0 N–H and O–H groups in total. The zero-order valence-electron chi connectivity index (χ0n) is 13.7. The molecule has 1 aromatic rings. The van der Waals surface area contributed by atoms with Crippen molar-refractivity contribution in [2.75, 3.05) is 0 Å². The van der Waals surface area contributed by atoms with Crippen molar-refractivity contribution >= 4 is 10.0 Å². The second-order valence-electron chi connectivity index (χ2n) is 6.52. The summed E-state index contributed by atoms with van der Waals surface area (Å²) in [6, 6.07) is 0.229. The van der Waals surface area contributed by atoms with Crippen LogP contribution < -0.4 is 0 Å². The molecule has 0 atom stereocenters. The van der Waals surface area contributed by atoms with Crippen LogP contribution in [-0.4, -0.2) is 34.6 Å². The molecule has 1 fully saturated rings. The molecule has 2 rings (SSSR count). The minimum absolute atomic E-state index is 0.0655. The number of aryl methyl sites for hydroxylation is 1. The maximum Gasteiger partial charge on any atom is 0.246 e. The first-order chi connectivity index (χ1) is 9.75. The van der Waals surface area contributed by atoms with Crippen molar-refractivity contribution in [2.24, 2.45) is 0 Å². The van der Waals surface area contributed by atoms with Gasteiger partial charge < -0.3 is 0 Å². The van der Waals surface area contributed by atoms with E-state index in [2.05, 4.69) is 5.10 Å². The van der Waals surface area contributed by atoms with Crippen molar-refractivity contribution in [3.63, 3.8) is 0 Å². The topological polar surface area (TPSA) is 55.2 Å². The molecule has 0 amide bonds. The van der Waals surface area contributed by atoms with Crippen LogP contribution in [0.15, 0.2) is 11.1 Å². The average Bonchev–Trinajstić information content (AvgIpc) is 2.95. The van der Waals surface area contributed by atoms with E-state index < -0.39 is 10.0 Å². The summed E-state index contributed by atoms with van der Waals surface area (Å²) >= 11 is 0. The Labute approximate surface area is 128 Å². The number of aromatic nitrogens is 2. The van der Waals surface area contributed by atoms with Crippen LogP contribution in [-0.2, 0) is 10.0 Å². The van der Waals surface area contributed by atoms with Gasteiger partial charge in [0.25, 0.3) is 0 Å². The Morgan fingerprint density at radius 2 is 1.71 bits per heavy atom. The van der Waals surface area contributed by atoms with Crippen molar-refractivity contribution in [1.82, 2.24) is 14.1 Å². The highest BCUT2D eigenvalue weighted by Gasteiger charge is 2.33. The molecule has 1 saturated carbocycles. The zero-order valence-corrected chi connectivity index (χ0v) is 14.5. The van der Waals surface area contributed by atoms with Gasteiger partial charge in [-0.3, -0.25) is 4.68 Å². The van der Waals surface area contributed by atoms with Crippen LogP contribution in [0.4, 0.5) is 0 Å². The van der Waals surface area contributed by atoms with Crippen molar-refractivity contribution < 1.29 is 8.42 Å². The molecule has 21 heavy (non-hydrogen) atoms. The van der Waals surface area contributed by atoms with Crippen LogP contribution in [0.1, 0.15) is 65.1 Å². The maximum absolute atomic E-state index is 12.9. The lowest BCUT2D eigenvalue weighted by molar-refractivity contribution is 0.302. The van der Waals surface area contributed by atoms with Gasteiger partial charge in [-0.05, 0) is 47.5 Å². The first-order valence-electron chi connectivity index (χ1n) is 7.84. The van der Waals surface area contributed by atoms with Crippen LogP contribution in [0.3, 0.4) is 0 Å². The van der Waals surface area contributed by atoms with Crippen molar-refractivity contribution in [1.29, 1.82) is 0 Å². The lowest BCUT2D eigenvalue weighted by Crippen LogP contribution is -2.42. The molecular weight excluding hydrogens is 286 g/mol. The third kappa shape index (κ3) is 3.16. The van der Waals surface area contributed by atoms with E-state index in [1.165, 1.54) is 12.8 Å². The summed E-state index contributed by atoms with van der Waals surface area (Å²) in [5.74, 6) is 0. The molecule has 120 valence electrons. The predicted molar refractivity (Wildman–Crippen MR) is 83.8 cm³/mol. The summed E-state index contributed by atoms with van der Waals surface area (Å²) in [5.41, 5.74) is 0.605. The SMILES string of the molecule is Cc1nn(C2CCCC2)cc1S(=O)(=O)N(C(C)C)C(C)C. The van der Waals surface area contributed by atoms with Gasteiger partial charge in [-0.15, -0.1) is 0 Å². The molecule has 1 aliphatic carbocycles. The minimum atomic E-state index is -3.49. The normalized spacial score (nSPS) is 17.5. The van der Waals surface area contributed by atoms with E-state index in [1.54, 1.807) is 17.4 Å². The van der Waals surface area contributed by atoms with Crippen molar-refractivity contribution in [3.05, 3.63) is 11.9 Å². The van der Waals surface area contributed by atoms with Gasteiger partial charge in [0, 0.05) is 18.3 Å². The molecular formula is C15H27N3O2S. The number of rotatable bonds is 5. The van der Waals surface area contributed by atoms with Crippen LogP contribution >= 0.6 is 0 Å². The highest BCUT2D eigenvalue weighted by Crippen LogP contribution is 2.31. The monoisotopic (exact) mass is 313 g/mol. The van der Waals surface area contributed by atoms with Gasteiger partial charge in [0.1, 0.15) is 4.90 Å². The van der Waals surface area contributed by atoms with Gasteiger partial charge in [-0.25, -0.2) is 8.42 Å². The van der Waals surface area contributed by atoms with Crippen LogP contribution in [0.25, 0.3) is 0 Å². The van der Waals surface area contributed by atoms with E-state index in [4.69, 9.17) is 0 Å². The van der Waals surface area contributed by atoms with E-state index in [-0.39, 0.29) is 12.1 Å². The van der Waals surface area contributed by atoms with Gasteiger partial charge >= 0.3 is 0 Å². The molecule has 0 unspecified atom stereocenters. The van der Waals surface area contributed by atoms with Crippen molar-refractivity contribution in [3.8, 4) is 0 Å². The van der Waals surface area contributed by atoms with Crippen LogP contribution in [0.5, 0.6) is 0 Å². The standard InChI is InChI=1S/C15H27N3O2S/c1-11(2)18(12(3)4)21(19,20)15-10-17(16-13(15)5)14-8-6-7-9-14/h10-12,14H,6-9H2,1-5H3. The number of nitrogens with zero attached hydrogens (tertiary/aromatic N) is 3. The smallest absolute Gasteiger partial charge is 0.246 e. The highest BCUT2D eigenvalue weighted by atomic mass is 32.2. The molecule has 5 nitrogen and oxygen atoms in total. The van der Waals surface area contributed by atoms with Gasteiger partial charge in [-0.2, -0.15) is 9.40 Å². The fraction of sp³-hybridized carbons (Fsp3) is 0.800. The lowest BCUT2D eigenvalue weighted by atomic mass is 10.3. The summed E-state index contributed by atoms with van der Waals surface area (Å²) in [4.78, 5) is 0.358. The third-order valence-electron chi connectivity index (χ3n) is 4.14. The molecule has 0 aromatic carbocycles. The van der Waals surface area contributed by atoms with E-state index in [0.29, 0.717) is 16.6 Å². The Kier molecular flexibility index (Phi) is 4.78. The Bertz CT molecular complexity index is 576. The second kappa shape index (κ2) is 6.08. The van der Waals surface area contributed by atoms with Gasteiger partial charge in [0.2, 0.25) is 10.0 Å². The summed E-state index contributed by atoms with van der Waals surface area (Å²) in [6.45, 7) is 9.43. The Morgan fingerprint density at radius 1 is 1.19 bits per heavy atom. The van der Waals surface area contributed by atoms with E-state index in [9.17, 15) is 8.42 Å². The number of hydrogen-bond acceptors (Lipinski definition) is 3. The molecule has 6 heteroatoms. The van der Waals surface area contributed by atoms with Crippen molar-refractivity contribution in [2.45, 2.75) is 83.3 Å². The minimum Gasteiger partial charge on any atom is -0.268 e. The highest BCUT2D eigenvalue weighted by molar-refractivity contribution is 7.89. The van der Waals surface area contributed by atoms with Gasteiger partial charge in [0.15, 0.2) is 0 Å². The Morgan fingerprint density at radius 3 is 2.19 bits per heavy atom. The fourth-order valence-corrected chi connectivity index (χ4v) is 5.33. The summed E-state index contributed by atoms with van der Waals surface area (Å²) < 4.78 is 29.3.